The first kappa shape index (κ1) is 12.2. The summed E-state index contributed by atoms with van der Waals surface area (Å²) in [4.78, 5) is 0.546. The van der Waals surface area contributed by atoms with Crippen molar-refractivity contribution in [2.45, 2.75) is 9.79 Å². The molecule has 17 heavy (non-hydrogen) atoms. The number of thiol groups is 1. The van der Waals surface area contributed by atoms with Crippen LogP contribution in [-0.4, -0.2) is 13.0 Å². The third-order valence-electron chi connectivity index (χ3n) is 2.36. The molecule has 0 saturated heterocycles. The third kappa shape index (κ3) is 2.52. The highest BCUT2D eigenvalue weighted by Gasteiger charge is 2.16. The van der Waals surface area contributed by atoms with Crippen LogP contribution in [0.5, 0.6) is 0 Å². The summed E-state index contributed by atoms with van der Waals surface area (Å²) >= 11 is 4.28. The van der Waals surface area contributed by atoms with Gasteiger partial charge >= 0.3 is 0 Å². The summed E-state index contributed by atoms with van der Waals surface area (Å²) < 4.78 is 31.7. The van der Waals surface area contributed by atoms with E-state index in [0.717, 1.165) is 0 Å². The minimum Gasteiger partial charge on any atom is -0.282 e. The third-order valence-corrected chi connectivity index (χ3v) is 3.66. The lowest BCUT2D eigenvalue weighted by Crippen LogP contribution is -2.00. The van der Waals surface area contributed by atoms with Crippen molar-refractivity contribution < 1.29 is 13.0 Å². The van der Waals surface area contributed by atoms with Crippen molar-refractivity contribution in [1.29, 1.82) is 0 Å². The zero-order chi connectivity index (χ0) is 12.5. The fourth-order valence-electron chi connectivity index (χ4n) is 1.62. The number of hydrogen-bond acceptors (Lipinski definition) is 3. The molecule has 0 aliphatic heterocycles. The maximum absolute atomic E-state index is 11.3. The highest BCUT2D eigenvalue weighted by Crippen LogP contribution is 2.31. The van der Waals surface area contributed by atoms with Gasteiger partial charge in [-0.05, 0) is 17.7 Å². The predicted molar refractivity (Wildman–Crippen MR) is 68.9 cm³/mol. The first-order chi connectivity index (χ1) is 8.00. The van der Waals surface area contributed by atoms with Gasteiger partial charge in [-0.15, -0.1) is 12.6 Å². The minimum atomic E-state index is -4.23. The van der Waals surface area contributed by atoms with Gasteiger partial charge in [-0.1, -0.05) is 36.4 Å². The molecule has 2 aromatic carbocycles. The van der Waals surface area contributed by atoms with Gasteiger partial charge in [0.1, 0.15) is 4.90 Å². The Balaban J connectivity index is 2.74. The van der Waals surface area contributed by atoms with Crippen molar-refractivity contribution in [3.05, 3.63) is 48.5 Å². The van der Waals surface area contributed by atoms with Crippen LogP contribution >= 0.6 is 12.6 Å². The summed E-state index contributed by atoms with van der Waals surface area (Å²) in [5.41, 5.74) is 1.12. The molecule has 0 fully saturated rings. The Hall–Kier alpha value is -1.30. The second-order valence-corrected chi connectivity index (χ2v) is 5.36. The van der Waals surface area contributed by atoms with E-state index >= 15 is 0 Å². The molecule has 2 aromatic rings. The molecule has 1 N–H and O–H groups in total. The lowest BCUT2D eigenvalue weighted by molar-refractivity contribution is 0.483. The normalized spacial score (nSPS) is 11.4. The largest absolute Gasteiger partial charge is 0.295 e. The molecule has 0 saturated carbocycles. The van der Waals surface area contributed by atoms with E-state index in [-0.39, 0.29) is 4.90 Å². The molecule has 0 heterocycles. The van der Waals surface area contributed by atoms with Gasteiger partial charge in [0.25, 0.3) is 10.1 Å². The molecule has 88 valence electrons. The van der Waals surface area contributed by atoms with E-state index < -0.39 is 10.1 Å². The second kappa shape index (κ2) is 4.52. The van der Waals surface area contributed by atoms with Crippen molar-refractivity contribution in [2.75, 3.05) is 0 Å². The van der Waals surface area contributed by atoms with Gasteiger partial charge in [-0.3, -0.25) is 4.55 Å². The Morgan fingerprint density at radius 3 is 2.00 bits per heavy atom. The van der Waals surface area contributed by atoms with E-state index in [1.54, 1.807) is 36.4 Å². The summed E-state index contributed by atoms with van der Waals surface area (Å²) in [6.07, 6.45) is 0. The Morgan fingerprint density at radius 2 is 1.41 bits per heavy atom. The summed E-state index contributed by atoms with van der Waals surface area (Å²) in [5.74, 6) is 0. The van der Waals surface area contributed by atoms with Crippen molar-refractivity contribution in [2.24, 2.45) is 0 Å². The van der Waals surface area contributed by atoms with Gasteiger partial charge in [-0.25, -0.2) is 0 Å². The maximum atomic E-state index is 11.3. The average molecular weight is 266 g/mol. The van der Waals surface area contributed by atoms with Gasteiger partial charge in [0, 0.05) is 10.5 Å². The van der Waals surface area contributed by atoms with E-state index in [2.05, 4.69) is 12.6 Å². The molecule has 0 radical (unpaired) electrons. The van der Waals surface area contributed by atoms with Crippen LogP contribution in [-0.2, 0) is 10.1 Å². The van der Waals surface area contributed by atoms with Crippen LogP contribution < -0.4 is 0 Å². The first-order valence-corrected chi connectivity index (χ1v) is 6.74. The highest BCUT2D eigenvalue weighted by molar-refractivity contribution is 7.86. The summed E-state index contributed by atoms with van der Waals surface area (Å²) in [6.45, 7) is 0. The second-order valence-electron chi connectivity index (χ2n) is 3.49. The van der Waals surface area contributed by atoms with E-state index in [4.69, 9.17) is 4.55 Å². The number of hydrogen-bond donors (Lipinski definition) is 2. The van der Waals surface area contributed by atoms with Crippen LogP contribution in [0, 0.1) is 0 Å². The van der Waals surface area contributed by atoms with Crippen molar-refractivity contribution >= 4 is 22.7 Å². The Kier molecular flexibility index (Phi) is 3.24. The molecule has 0 aliphatic carbocycles. The molecule has 0 unspecified atom stereocenters. The monoisotopic (exact) mass is 266 g/mol. The molecule has 0 atom stereocenters. The molecular weight excluding hydrogens is 256 g/mol. The lowest BCUT2D eigenvalue weighted by atomic mass is 10.1. The van der Waals surface area contributed by atoms with Crippen molar-refractivity contribution in [1.82, 2.24) is 0 Å². The summed E-state index contributed by atoms with van der Waals surface area (Å²) in [7, 11) is -4.23. The van der Waals surface area contributed by atoms with Gasteiger partial charge < -0.3 is 0 Å². The molecule has 0 amide bonds. The molecular formula is C12H10O3S2. The highest BCUT2D eigenvalue weighted by atomic mass is 32.2. The van der Waals surface area contributed by atoms with E-state index in [1.807, 2.05) is 6.07 Å². The SMILES string of the molecule is O=S(=O)(O)c1ccccc1-c1ccccc1S. The Bertz CT molecular complexity index is 648. The zero-order valence-electron chi connectivity index (χ0n) is 8.74. The van der Waals surface area contributed by atoms with Crippen LogP contribution in [0.3, 0.4) is 0 Å². The topological polar surface area (TPSA) is 54.4 Å². The van der Waals surface area contributed by atoms with Crippen LogP contribution in [0.1, 0.15) is 0 Å². The molecule has 2 rings (SSSR count). The zero-order valence-corrected chi connectivity index (χ0v) is 10.4. The van der Waals surface area contributed by atoms with Gasteiger partial charge in [0.15, 0.2) is 0 Å². The fourth-order valence-corrected chi connectivity index (χ4v) is 2.60. The Morgan fingerprint density at radius 1 is 0.882 bits per heavy atom. The summed E-state index contributed by atoms with van der Waals surface area (Å²) in [6, 6.07) is 13.4. The molecule has 0 bridgehead atoms. The van der Waals surface area contributed by atoms with E-state index in [9.17, 15) is 8.42 Å². The quantitative estimate of drug-likeness (QED) is 0.649. The van der Waals surface area contributed by atoms with Crippen molar-refractivity contribution in [3.63, 3.8) is 0 Å². The molecule has 5 heteroatoms. The molecule has 3 nitrogen and oxygen atoms in total. The van der Waals surface area contributed by atoms with Gasteiger partial charge in [0.05, 0.1) is 0 Å². The van der Waals surface area contributed by atoms with Crippen LogP contribution in [0.2, 0.25) is 0 Å². The number of rotatable bonds is 2. The smallest absolute Gasteiger partial charge is 0.282 e. The standard InChI is InChI=1S/C12H10O3S2/c13-17(14,15)12-8-4-2-6-10(12)9-5-1-3-7-11(9)16/h1-8,16H,(H,13,14,15). The Labute approximate surface area is 105 Å². The molecule has 0 aromatic heterocycles. The van der Waals surface area contributed by atoms with Crippen LogP contribution in [0.15, 0.2) is 58.3 Å². The first-order valence-electron chi connectivity index (χ1n) is 4.85. The summed E-state index contributed by atoms with van der Waals surface area (Å²) in [5, 5.41) is 0. The maximum Gasteiger partial charge on any atom is 0.295 e. The fraction of sp³-hybridized carbons (Fsp3) is 0. The van der Waals surface area contributed by atoms with Gasteiger partial charge in [0.2, 0.25) is 0 Å². The minimum absolute atomic E-state index is 0.110. The average Bonchev–Trinajstić information content (AvgIpc) is 2.28. The van der Waals surface area contributed by atoms with E-state index in [1.165, 1.54) is 6.07 Å². The van der Waals surface area contributed by atoms with Crippen molar-refractivity contribution in [3.8, 4) is 11.1 Å². The van der Waals surface area contributed by atoms with Crippen LogP contribution in [0.25, 0.3) is 11.1 Å². The van der Waals surface area contributed by atoms with E-state index in [0.29, 0.717) is 16.0 Å². The predicted octanol–water partition coefficient (Wildman–Crippen LogP) is 2.89. The molecule has 0 aliphatic rings. The lowest BCUT2D eigenvalue weighted by Gasteiger charge is -2.08. The van der Waals surface area contributed by atoms with Crippen LogP contribution in [0.4, 0.5) is 0 Å². The number of benzene rings is 2. The van der Waals surface area contributed by atoms with Gasteiger partial charge in [-0.2, -0.15) is 8.42 Å². The molecule has 0 spiro atoms.